The molecule has 1 saturated carbocycles. The first-order valence-corrected chi connectivity index (χ1v) is 6.58. The molecular formula is C14H12F3NO2. The number of amides is 1. The van der Waals surface area contributed by atoms with Crippen LogP contribution < -0.4 is 5.32 Å². The number of halogens is 3. The number of hydrogen-bond acceptors (Lipinski definition) is 2. The zero-order valence-corrected chi connectivity index (χ0v) is 10.5. The number of ether oxygens (including phenoxy) is 1. The molecule has 1 unspecified atom stereocenters. The van der Waals surface area contributed by atoms with Gasteiger partial charge in [-0.25, -0.2) is 0 Å². The van der Waals surface area contributed by atoms with Gasteiger partial charge in [0, 0.05) is 6.42 Å². The molecule has 1 aromatic carbocycles. The Morgan fingerprint density at radius 3 is 2.70 bits per heavy atom. The van der Waals surface area contributed by atoms with Gasteiger partial charge in [0.2, 0.25) is 0 Å². The highest BCUT2D eigenvalue weighted by atomic mass is 19.4. The van der Waals surface area contributed by atoms with E-state index < -0.39 is 17.3 Å². The predicted octanol–water partition coefficient (Wildman–Crippen LogP) is 2.35. The molecule has 20 heavy (non-hydrogen) atoms. The lowest BCUT2D eigenvalue weighted by molar-refractivity contribution is -0.153. The largest absolute Gasteiger partial charge is 0.416 e. The van der Waals surface area contributed by atoms with Crippen LogP contribution in [0.25, 0.3) is 0 Å². The standard InChI is InChI=1S/C14H12F3NO2/c15-14(16,17)8-1-2-9-7(5-8)6-10-11(9)18-12(19)13(20-10)3-4-13/h1-2,5,10-11H,3-4,6H2,(H,18,19)/t10?,11-/m0/s1. The van der Waals surface area contributed by atoms with Gasteiger partial charge >= 0.3 is 6.18 Å². The lowest BCUT2D eigenvalue weighted by atomic mass is 10.0. The topological polar surface area (TPSA) is 38.3 Å². The summed E-state index contributed by atoms with van der Waals surface area (Å²) in [6.07, 6.45) is -2.76. The van der Waals surface area contributed by atoms with E-state index in [9.17, 15) is 18.0 Å². The Labute approximate surface area is 113 Å². The van der Waals surface area contributed by atoms with E-state index >= 15 is 0 Å². The molecule has 1 amide bonds. The molecule has 0 bridgehead atoms. The van der Waals surface area contributed by atoms with Crippen molar-refractivity contribution in [3.05, 3.63) is 34.9 Å². The summed E-state index contributed by atoms with van der Waals surface area (Å²) in [7, 11) is 0. The van der Waals surface area contributed by atoms with Crippen LogP contribution in [-0.4, -0.2) is 17.6 Å². The van der Waals surface area contributed by atoms with Gasteiger partial charge in [-0.05, 0) is 36.1 Å². The van der Waals surface area contributed by atoms with Crippen molar-refractivity contribution in [2.75, 3.05) is 0 Å². The van der Waals surface area contributed by atoms with Crippen LogP contribution in [0.5, 0.6) is 0 Å². The lowest BCUT2D eigenvalue weighted by Crippen LogP contribution is -2.51. The third-order valence-corrected chi connectivity index (χ3v) is 4.38. The number of alkyl halides is 3. The molecule has 1 heterocycles. The van der Waals surface area contributed by atoms with Gasteiger partial charge in [-0.3, -0.25) is 4.79 Å². The van der Waals surface area contributed by atoms with Gasteiger partial charge in [-0.15, -0.1) is 0 Å². The van der Waals surface area contributed by atoms with Gasteiger partial charge in [0.1, 0.15) is 5.60 Å². The van der Waals surface area contributed by atoms with E-state index in [1.807, 2.05) is 0 Å². The van der Waals surface area contributed by atoms with E-state index in [0.717, 1.165) is 11.6 Å². The second kappa shape index (κ2) is 3.55. The Balaban J connectivity index is 1.69. The van der Waals surface area contributed by atoms with Crippen LogP contribution in [0.2, 0.25) is 0 Å². The van der Waals surface area contributed by atoms with Crippen LogP contribution in [0.1, 0.15) is 35.6 Å². The highest BCUT2D eigenvalue weighted by molar-refractivity contribution is 5.89. The molecule has 1 aliphatic heterocycles. The average molecular weight is 283 g/mol. The van der Waals surface area contributed by atoms with Crippen molar-refractivity contribution in [2.24, 2.45) is 0 Å². The van der Waals surface area contributed by atoms with Gasteiger partial charge in [-0.2, -0.15) is 13.2 Å². The van der Waals surface area contributed by atoms with E-state index in [-0.39, 0.29) is 18.1 Å². The molecular weight excluding hydrogens is 271 g/mol. The second-order valence-corrected chi connectivity index (χ2v) is 5.72. The fourth-order valence-electron chi connectivity index (χ4n) is 3.15. The molecule has 6 heteroatoms. The Morgan fingerprint density at radius 2 is 2.05 bits per heavy atom. The summed E-state index contributed by atoms with van der Waals surface area (Å²) >= 11 is 0. The molecule has 2 fully saturated rings. The molecule has 4 rings (SSSR count). The van der Waals surface area contributed by atoms with E-state index in [1.54, 1.807) is 0 Å². The third kappa shape index (κ3) is 1.60. The number of fused-ring (bicyclic) bond motifs is 3. The molecule has 2 atom stereocenters. The lowest BCUT2D eigenvalue weighted by Gasteiger charge is -2.33. The van der Waals surface area contributed by atoms with E-state index in [4.69, 9.17) is 4.74 Å². The van der Waals surface area contributed by atoms with Crippen molar-refractivity contribution in [1.82, 2.24) is 5.32 Å². The minimum atomic E-state index is -4.34. The van der Waals surface area contributed by atoms with Crippen molar-refractivity contribution >= 4 is 5.91 Å². The predicted molar refractivity (Wildman–Crippen MR) is 62.9 cm³/mol. The number of carbonyl (C=O) groups excluding carboxylic acids is 1. The Morgan fingerprint density at radius 1 is 1.30 bits per heavy atom. The van der Waals surface area contributed by atoms with Gasteiger partial charge < -0.3 is 10.1 Å². The van der Waals surface area contributed by atoms with Crippen LogP contribution in [0, 0.1) is 0 Å². The monoisotopic (exact) mass is 283 g/mol. The van der Waals surface area contributed by atoms with Crippen molar-refractivity contribution in [3.8, 4) is 0 Å². The first kappa shape index (κ1) is 12.2. The highest BCUT2D eigenvalue weighted by Crippen LogP contribution is 2.49. The third-order valence-electron chi connectivity index (χ3n) is 4.38. The number of nitrogens with one attached hydrogen (secondary N) is 1. The van der Waals surface area contributed by atoms with E-state index in [1.165, 1.54) is 12.1 Å². The van der Waals surface area contributed by atoms with E-state index in [2.05, 4.69) is 5.32 Å². The maximum atomic E-state index is 12.7. The van der Waals surface area contributed by atoms with E-state index in [0.29, 0.717) is 24.8 Å². The van der Waals surface area contributed by atoms with Gasteiger partial charge in [0.15, 0.2) is 0 Å². The fraction of sp³-hybridized carbons (Fsp3) is 0.500. The summed E-state index contributed by atoms with van der Waals surface area (Å²) in [6, 6.07) is 3.38. The van der Waals surface area contributed by atoms with Crippen LogP contribution >= 0.6 is 0 Å². The van der Waals surface area contributed by atoms with Crippen molar-refractivity contribution in [3.63, 3.8) is 0 Å². The quantitative estimate of drug-likeness (QED) is 0.793. The second-order valence-electron chi connectivity index (χ2n) is 5.72. The number of carbonyl (C=O) groups is 1. The molecule has 0 radical (unpaired) electrons. The normalized spacial score (nSPS) is 29.9. The first-order valence-electron chi connectivity index (χ1n) is 6.58. The van der Waals surface area contributed by atoms with Gasteiger partial charge in [0.25, 0.3) is 5.91 Å². The van der Waals surface area contributed by atoms with Crippen LogP contribution in [0.15, 0.2) is 18.2 Å². The number of hydrogen-bond donors (Lipinski definition) is 1. The summed E-state index contributed by atoms with van der Waals surface area (Å²) in [4.78, 5) is 11.9. The SMILES string of the molecule is O=C1N[C@H]2c3ccc(C(F)(F)F)cc3CC2OC12CC2. The van der Waals surface area contributed by atoms with Crippen molar-refractivity contribution in [2.45, 2.75) is 43.2 Å². The number of morpholine rings is 1. The summed E-state index contributed by atoms with van der Waals surface area (Å²) < 4.78 is 44.0. The molecule has 1 N–H and O–H groups in total. The summed E-state index contributed by atoms with van der Waals surface area (Å²) in [5, 5.41) is 2.90. The summed E-state index contributed by atoms with van der Waals surface area (Å²) in [5.74, 6) is -0.133. The Kier molecular flexibility index (Phi) is 2.17. The Bertz CT molecular complexity index is 607. The summed E-state index contributed by atoms with van der Waals surface area (Å²) in [5.41, 5.74) is 0.0119. The zero-order chi connectivity index (χ0) is 14.1. The van der Waals surface area contributed by atoms with Crippen LogP contribution in [-0.2, 0) is 22.1 Å². The molecule has 0 aromatic heterocycles. The summed E-state index contributed by atoms with van der Waals surface area (Å²) in [6.45, 7) is 0. The fourth-order valence-corrected chi connectivity index (χ4v) is 3.15. The molecule has 1 saturated heterocycles. The van der Waals surface area contributed by atoms with Gasteiger partial charge in [-0.1, -0.05) is 6.07 Å². The van der Waals surface area contributed by atoms with Crippen LogP contribution in [0.3, 0.4) is 0 Å². The first-order chi connectivity index (χ1) is 9.39. The number of rotatable bonds is 0. The van der Waals surface area contributed by atoms with Crippen molar-refractivity contribution in [1.29, 1.82) is 0 Å². The molecule has 1 aromatic rings. The Hall–Kier alpha value is -1.56. The number of benzene rings is 1. The van der Waals surface area contributed by atoms with Crippen LogP contribution in [0.4, 0.5) is 13.2 Å². The minimum absolute atomic E-state index is 0.133. The molecule has 1 spiro atoms. The maximum absolute atomic E-state index is 12.7. The molecule has 2 aliphatic carbocycles. The molecule has 3 nitrogen and oxygen atoms in total. The highest BCUT2D eigenvalue weighted by Gasteiger charge is 2.58. The minimum Gasteiger partial charge on any atom is -0.359 e. The maximum Gasteiger partial charge on any atom is 0.416 e. The average Bonchev–Trinajstić information content (AvgIpc) is 3.05. The smallest absolute Gasteiger partial charge is 0.359 e. The molecule has 106 valence electrons. The van der Waals surface area contributed by atoms with Crippen molar-refractivity contribution < 1.29 is 22.7 Å². The molecule has 3 aliphatic rings. The zero-order valence-electron chi connectivity index (χ0n) is 10.5. The van der Waals surface area contributed by atoms with Gasteiger partial charge in [0.05, 0.1) is 17.7 Å².